The van der Waals surface area contributed by atoms with Crippen LogP contribution in [0.2, 0.25) is 0 Å². The van der Waals surface area contributed by atoms with E-state index in [4.69, 9.17) is 9.47 Å². The van der Waals surface area contributed by atoms with E-state index >= 15 is 0 Å². The van der Waals surface area contributed by atoms with Crippen molar-refractivity contribution in [2.45, 2.75) is 38.6 Å². The first-order chi connectivity index (χ1) is 15.5. The van der Waals surface area contributed by atoms with Gasteiger partial charge in [-0.25, -0.2) is 8.78 Å². The number of carbonyl (C=O) groups excluding carboxylic acids is 1. The maximum Gasteiger partial charge on any atom is 0.231 e. The van der Waals surface area contributed by atoms with Gasteiger partial charge in [-0.2, -0.15) is 0 Å². The van der Waals surface area contributed by atoms with Crippen LogP contribution < -0.4 is 9.47 Å². The molecule has 7 heteroatoms. The topological polar surface area (TPSA) is 42.0 Å². The summed E-state index contributed by atoms with van der Waals surface area (Å²) in [6, 6.07) is 9.98. The minimum atomic E-state index is -0.811. The number of hydrogen-bond acceptors (Lipinski definition) is 4. The summed E-state index contributed by atoms with van der Waals surface area (Å²) < 4.78 is 37.6. The molecule has 2 aromatic rings. The SMILES string of the molecule is O=C(CCc1ccc2c(c1)OCO2)N1CC[C@@]2(CCCN(Cc3ccc(F)c(F)c3)C2)C1. The van der Waals surface area contributed by atoms with Crippen LogP contribution in [0.3, 0.4) is 0 Å². The first-order valence-electron chi connectivity index (χ1n) is 11.3. The lowest BCUT2D eigenvalue weighted by Gasteiger charge is -2.40. The van der Waals surface area contributed by atoms with Crippen molar-refractivity contribution >= 4 is 5.91 Å². The van der Waals surface area contributed by atoms with Crippen molar-refractivity contribution in [2.24, 2.45) is 5.41 Å². The van der Waals surface area contributed by atoms with E-state index in [1.165, 1.54) is 12.1 Å². The summed E-state index contributed by atoms with van der Waals surface area (Å²) in [6.07, 6.45) is 4.32. The molecule has 0 saturated carbocycles. The second kappa shape index (κ2) is 8.70. The third kappa shape index (κ3) is 4.44. The number of aryl methyl sites for hydroxylation is 1. The van der Waals surface area contributed by atoms with Crippen molar-refractivity contribution in [1.82, 2.24) is 9.80 Å². The van der Waals surface area contributed by atoms with Crippen LogP contribution in [-0.2, 0) is 17.8 Å². The Bertz CT molecular complexity index is 1010. The third-order valence-corrected chi connectivity index (χ3v) is 6.99. The Morgan fingerprint density at radius 2 is 1.78 bits per heavy atom. The first-order valence-corrected chi connectivity index (χ1v) is 11.3. The summed E-state index contributed by atoms with van der Waals surface area (Å²) >= 11 is 0. The number of hydrogen-bond donors (Lipinski definition) is 0. The van der Waals surface area contributed by atoms with Gasteiger partial charge in [0.1, 0.15) is 0 Å². The summed E-state index contributed by atoms with van der Waals surface area (Å²) in [7, 11) is 0. The van der Waals surface area contributed by atoms with Crippen LogP contribution in [0.1, 0.15) is 36.8 Å². The smallest absolute Gasteiger partial charge is 0.231 e. The van der Waals surface area contributed by atoms with E-state index in [-0.39, 0.29) is 18.1 Å². The minimum absolute atomic E-state index is 0.102. The second-order valence-corrected chi connectivity index (χ2v) is 9.32. The van der Waals surface area contributed by atoms with E-state index in [0.717, 1.165) is 68.1 Å². The van der Waals surface area contributed by atoms with Crippen molar-refractivity contribution < 1.29 is 23.0 Å². The highest BCUT2D eigenvalue weighted by atomic mass is 19.2. The third-order valence-electron chi connectivity index (χ3n) is 6.99. The molecule has 5 rings (SSSR count). The van der Waals surface area contributed by atoms with Crippen LogP contribution in [0.15, 0.2) is 36.4 Å². The Morgan fingerprint density at radius 3 is 2.66 bits per heavy atom. The number of fused-ring (bicyclic) bond motifs is 1. The molecule has 2 saturated heterocycles. The summed E-state index contributed by atoms with van der Waals surface area (Å²) in [5, 5.41) is 0. The monoisotopic (exact) mass is 442 g/mol. The molecule has 1 atom stereocenters. The average molecular weight is 443 g/mol. The van der Waals surface area contributed by atoms with Gasteiger partial charge >= 0.3 is 0 Å². The fraction of sp³-hybridized carbons (Fsp3) is 0.480. The molecule has 0 bridgehead atoms. The Balaban J connectivity index is 1.15. The van der Waals surface area contributed by atoms with Gasteiger partial charge in [0.15, 0.2) is 23.1 Å². The van der Waals surface area contributed by atoms with Crippen LogP contribution in [0, 0.1) is 17.0 Å². The van der Waals surface area contributed by atoms with Gasteiger partial charge in [0, 0.05) is 38.0 Å². The summed E-state index contributed by atoms with van der Waals surface area (Å²) in [5.74, 6) is 0.0892. The number of benzene rings is 2. The summed E-state index contributed by atoms with van der Waals surface area (Å²) in [6.45, 7) is 4.26. The van der Waals surface area contributed by atoms with E-state index in [1.807, 2.05) is 23.1 Å². The predicted octanol–water partition coefficient (Wildman–Crippen LogP) is 4.14. The first kappa shape index (κ1) is 21.2. The van der Waals surface area contributed by atoms with Crippen molar-refractivity contribution in [1.29, 1.82) is 0 Å². The van der Waals surface area contributed by atoms with E-state index in [0.29, 0.717) is 19.4 Å². The van der Waals surface area contributed by atoms with Crippen molar-refractivity contribution in [2.75, 3.05) is 33.0 Å². The predicted molar refractivity (Wildman–Crippen MR) is 115 cm³/mol. The van der Waals surface area contributed by atoms with Gasteiger partial charge < -0.3 is 14.4 Å². The molecule has 0 radical (unpaired) electrons. The molecule has 1 spiro atoms. The Morgan fingerprint density at radius 1 is 0.938 bits per heavy atom. The van der Waals surface area contributed by atoms with E-state index in [1.54, 1.807) is 6.07 Å². The molecule has 2 aromatic carbocycles. The maximum atomic E-state index is 13.6. The molecule has 2 fully saturated rings. The molecule has 0 unspecified atom stereocenters. The molecule has 0 aromatic heterocycles. The Kier molecular flexibility index (Phi) is 5.76. The molecule has 170 valence electrons. The minimum Gasteiger partial charge on any atom is -0.454 e. The van der Waals surface area contributed by atoms with E-state index in [9.17, 15) is 13.6 Å². The van der Waals surface area contributed by atoms with Crippen LogP contribution in [0.25, 0.3) is 0 Å². The number of amides is 1. The Hall–Kier alpha value is -2.67. The number of likely N-dealkylation sites (tertiary alicyclic amines) is 2. The number of carbonyl (C=O) groups is 1. The molecular formula is C25H28F2N2O3. The highest BCUT2D eigenvalue weighted by Gasteiger charge is 2.42. The Labute approximate surface area is 186 Å². The second-order valence-electron chi connectivity index (χ2n) is 9.32. The van der Waals surface area contributed by atoms with Crippen LogP contribution >= 0.6 is 0 Å². The molecule has 32 heavy (non-hydrogen) atoms. The summed E-state index contributed by atoms with van der Waals surface area (Å²) in [5.41, 5.74) is 1.97. The number of piperidine rings is 1. The van der Waals surface area contributed by atoms with Gasteiger partial charge in [0.05, 0.1) is 0 Å². The van der Waals surface area contributed by atoms with Crippen molar-refractivity contribution in [3.63, 3.8) is 0 Å². The van der Waals surface area contributed by atoms with Gasteiger partial charge in [-0.05, 0) is 67.6 Å². The fourth-order valence-electron chi connectivity index (χ4n) is 5.33. The quantitative estimate of drug-likeness (QED) is 0.698. The molecular weight excluding hydrogens is 414 g/mol. The standard InChI is InChI=1S/C25H28F2N2O3/c26-20-5-2-19(12-21(20)27)14-28-10-1-8-25(15-28)9-11-29(16-25)24(30)7-4-18-3-6-22-23(13-18)32-17-31-22/h2-3,5-6,12-13H,1,4,7-11,14-17H2/t25-/m1/s1. The highest BCUT2D eigenvalue weighted by molar-refractivity contribution is 5.77. The van der Waals surface area contributed by atoms with Gasteiger partial charge in [-0.1, -0.05) is 12.1 Å². The molecule has 3 heterocycles. The molecule has 5 nitrogen and oxygen atoms in total. The molecule has 1 amide bonds. The number of nitrogens with zero attached hydrogens (tertiary/aromatic N) is 2. The van der Waals surface area contributed by atoms with Gasteiger partial charge in [0.2, 0.25) is 12.7 Å². The zero-order valence-electron chi connectivity index (χ0n) is 18.1. The highest BCUT2D eigenvalue weighted by Crippen LogP contribution is 2.40. The van der Waals surface area contributed by atoms with Crippen LogP contribution in [0.4, 0.5) is 8.78 Å². The van der Waals surface area contributed by atoms with Gasteiger partial charge in [-0.3, -0.25) is 9.69 Å². The van der Waals surface area contributed by atoms with Gasteiger partial charge in [0.25, 0.3) is 0 Å². The molecule has 3 aliphatic rings. The van der Waals surface area contributed by atoms with E-state index < -0.39 is 11.6 Å². The molecule has 0 aliphatic carbocycles. The van der Waals surface area contributed by atoms with Crippen LogP contribution in [-0.4, -0.2) is 48.7 Å². The van der Waals surface area contributed by atoms with Gasteiger partial charge in [-0.15, -0.1) is 0 Å². The lowest BCUT2D eigenvalue weighted by Crippen LogP contribution is -2.45. The average Bonchev–Trinajstić information content (AvgIpc) is 3.42. The largest absolute Gasteiger partial charge is 0.454 e. The van der Waals surface area contributed by atoms with Crippen molar-refractivity contribution in [3.8, 4) is 11.5 Å². The zero-order valence-corrected chi connectivity index (χ0v) is 18.1. The van der Waals surface area contributed by atoms with E-state index in [2.05, 4.69) is 4.90 Å². The number of ether oxygens (including phenoxy) is 2. The lowest BCUT2D eigenvalue weighted by atomic mass is 9.79. The number of halogens is 2. The van der Waals surface area contributed by atoms with Crippen molar-refractivity contribution in [3.05, 3.63) is 59.2 Å². The fourth-order valence-corrected chi connectivity index (χ4v) is 5.33. The molecule has 3 aliphatic heterocycles. The molecule has 0 N–H and O–H groups in total. The number of rotatable bonds is 5. The maximum absolute atomic E-state index is 13.6. The van der Waals surface area contributed by atoms with Crippen LogP contribution in [0.5, 0.6) is 11.5 Å². The zero-order chi connectivity index (χ0) is 22.1. The lowest BCUT2D eigenvalue weighted by molar-refractivity contribution is -0.130. The summed E-state index contributed by atoms with van der Waals surface area (Å²) in [4.78, 5) is 17.2. The normalized spacial score (nSPS) is 22.6.